The van der Waals surface area contributed by atoms with Gasteiger partial charge in [0.2, 0.25) is 5.91 Å². The number of piperazine rings is 1. The molecule has 0 atom stereocenters. The predicted octanol–water partition coefficient (Wildman–Crippen LogP) is 1.47. The van der Waals surface area contributed by atoms with Gasteiger partial charge in [-0.3, -0.25) is 19.4 Å². The molecule has 18 nitrogen and oxygen atoms in total. The molecule has 3 amide bonds. The van der Waals surface area contributed by atoms with Crippen LogP contribution in [-0.2, 0) is 38.7 Å². The molecule has 2 aromatic heterocycles. The predicted molar refractivity (Wildman–Crippen MR) is 218 cm³/mol. The number of nitrogens with one attached hydrogen (secondary N) is 1. The van der Waals surface area contributed by atoms with E-state index in [1.165, 1.54) is 18.3 Å². The van der Waals surface area contributed by atoms with Gasteiger partial charge >= 0.3 is 0 Å². The van der Waals surface area contributed by atoms with Crippen LogP contribution in [0, 0.1) is 5.82 Å². The van der Waals surface area contributed by atoms with Crippen LogP contribution >= 0.6 is 0 Å². The lowest BCUT2D eigenvalue weighted by Gasteiger charge is -2.46. The number of rotatable bonds is 23. The number of imidazole rings is 1. The molecule has 1 aliphatic rings. The number of carbonyl (C=O) groups is 3. The zero-order valence-electron chi connectivity index (χ0n) is 34.7. The van der Waals surface area contributed by atoms with E-state index in [2.05, 4.69) is 15.4 Å². The molecule has 0 aliphatic carbocycles. The van der Waals surface area contributed by atoms with Crippen molar-refractivity contribution < 1.29 is 47.6 Å². The smallest absolute Gasteiger partial charge is 0.275 e. The molecule has 1 fully saturated rings. The second kappa shape index (κ2) is 23.0. The number of aliphatic imine (C=N–C) groups is 1. The lowest BCUT2D eigenvalue weighted by molar-refractivity contribution is -0.128. The minimum absolute atomic E-state index is 0.00873. The maximum atomic E-state index is 14.0. The van der Waals surface area contributed by atoms with Gasteiger partial charge in [0.1, 0.15) is 18.1 Å². The third-order valence-electron chi connectivity index (χ3n) is 9.13. The average molecular weight is 828 g/mol. The maximum absolute atomic E-state index is 14.0. The van der Waals surface area contributed by atoms with Gasteiger partial charge in [0.05, 0.1) is 96.3 Å². The van der Waals surface area contributed by atoms with Crippen molar-refractivity contribution in [3.8, 4) is 11.3 Å². The van der Waals surface area contributed by atoms with Gasteiger partial charge < -0.3 is 49.8 Å². The Morgan fingerprint density at radius 2 is 1.53 bits per heavy atom. The summed E-state index contributed by atoms with van der Waals surface area (Å²) in [5, 5.41) is 19.6. The molecule has 3 heterocycles. The summed E-state index contributed by atoms with van der Waals surface area (Å²) in [6.45, 7) is 14.3. The molecule has 59 heavy (non-hydrogen) atoms. The van der Waals surface area contributed by atoms with Crippen molar-refractivity contribution in [3.63, 3.8) is 0 Å². The summed E-state index contributed by atoms with van der Waals surface area (Å²) in [7, 11) is 0. The number of halogens is 1. The van der Waals surface area contributed by atoms with Crippen LogP contribution in [0.4, 0.5) is 4.39 Å². The number of hydrazone groups is 1. The summed E-state index contributed by atoms with van der Waals surface area (Å²) in [5.41, 5.74) is 1.70. The van der Waals surface area contributed by atoms with Gasteiger partial charge in [0.25, 0.3) is 11.8 Å². The summed E-state index contributed by atoms with van der Waals surface area (Å²) in [5.74, 6) is 4.04. The van der Waals surface area contributed by atoms with Crippen molar-refractivity contribution in [2.75, 3.05) is 105 Å². The van der Waals surface area contributed by atoms with E-state index in [0.29, 0.717) is 70.8 Å². The zero-order chi connectivity index (χ0) is 42.8. The first kappa shape index (κ1) is 46.8. The first-order valence-corrected chi connectivity index (χ1v) is 19.6. The van der Waals surface area contributed by atoms with Gasteiger partial charge in [-0.25, -0.2) is 13.9 Å². The molecule has 4 N–H and O–H groups in total. The summed E-state index contributed by atoms with van der Waals surface area (Å²) in [6, 6.07) is 7.99. The average Bonchev–Trinajstić information content (AvgIpc) is 3.64. The molecule has 1 saturated heterocycles. The molecule has 0 bridgehead atoms. The van der Waals surface area contributed by atoms with Gasteiger partial charge in [0.15, 0.2) is 11.4 Å². The summed E-state index contributed by atoms with van der Waals surface area (Å²) < 4.78 is 42.0. The first-order chi connectivity index (χ1) is 28.2. The van der Waals surface area contributed by atoms with E-state index in [9.17, 15) is 18.8 Å². The number of ether oxygens (including phenoxy) is 5. The van der Waals surface area contributed by atoms with Gasteiger partial charge in [0, 0.05) is 37.3 Å². The SMILES string of the molecule is CC(C)(C)c1cc(-c2ccc(F)cc2)nn2cc(C(=O)N3CCN(C(=O)C(C=NCC(=O)NCCOCCOCCOCCOCCOCCO)=NN)CC3(C)C)nc12. The normalized spacial score (nSPS) is 14.7. The molecular formula is C40H58FN9O9. The Bertz CT molecular complexity index is 1880. The Morgan fingerprint density at radius 1 is 0.932 bits per heavy atom. The van der Waals surface area contributed by atoms with Crippen LogP contribution in [-0.4, -0.2) is 170 Å². The van der Waals surface area contributed by atoms with E-state index in [0.717, 1.165) is 11.1 Å². The fraction of sp³-hybridized carbons (Fsp3) is 0.575. The van der Waals surface area contributed by atoms with Crippen molar-refractivity contribution in [1.82, 2.24) is 29.7 Å². The standard InChI is InChI=1S/C40H58FN9O9/c1-39(2,3)31-24-32(29-6-8-30(41)9-7-29)47-50-27-34(45-36(31)50)38(54)49-12-11-48(28-40(49,4)5)37(53)33(46-42)25-43-26-35(52)44-10-14-55-16-18-57-20-22-59-23-21-58-19-17-56-15-13-51/h6-9,24-25,27,51H,10-23,26,28,42H2,1-5H3,(H,44,52). The largest absolute Gasteiger partial charge is 0.394 e. The molecule has 19 heteroatoms. The quantitative estimate of drug-likeness (QED) is 0.0536. The molecule has 3 aromatic rings. The fourth-order valence-electron chi connectivity index (χ4n) is 6.12. The lowest BCUT2D eigenvalue weighted by Crippen LogP contribution is -2.63. The molecule has 1 aromatic carbocycles. The second-order valence-corrected chi connectivity index (χ2v) is 15.2. The Morgan fingerprint density at radius 3 is 2.08 bits per heavy atom. The van der Waals surface area contributed by atoms with Crippen molar-refractivity contribution in [2.24, 2.45) is 15.9 Å². The number of aliphatic hydroxyl groups is 1. The van der Waals surface area contributed by atoms with Crippen molar-refractivity contribution in [2.45, 2.75) is 45.6 Å². The highest BCUT2D eigenvalue weighted by Gasteiger charge is 2.40. The Balaban J connectivity index is 1.18. The zero-order valence-corrected chi connectivity index (χ0v) is 34.7. The van der Waals surface area contributed by atoms with Crippen LogP contribution in [0.15, 0.2) is 46.6 Å². The minimum atomic E-state index is -0.798. The number of aromatic nitrogens is 3. The van der Waals surface area contributed by atoms with Gasteiger partial charge in [-0.1, -0.05) is 20.8 Å². The van der Waals surface area contributed by atoms with E-state index >= 15 is 0 Å². The van der Waals surface area contributed by atoms with Crippen LogP contribution in [0.25, 0.3) is 16.9 Å². The number of benzene rings is 1. The molecule has 0 unspecified atom stereocenters. The van der Waals surface area contributed by atoms with E-state index < -0.39 is 11.4 Å². The fourth-order valence-corrected chi connectivity index (χ4v) is 6.12. The van der Waals surface area contributed by atoms with Crippen LogP contribution in [0.5, 0.6) is 0 Å². The van der Waals surface area contributed by atoms with Crippen molar-refractivity contribution in [3.05, 3.63) is 53.6 Å². The molecular weight excluding hydrogens is 769 g/mol. The van der Waals surface area contributed by atoms with E-state index in [1.54, 1.807) is 32.6 Å². The van der Waals surface area contributed by atoms with Gasteiger partial charge in [-0.05, 0) is 49.6 Å². The molecule has 0 radical (unpaired) electrons. The number of hydrogen-bond donors (Lipinski definition) is 3. The third kappa shape index (κ3) is 14.4. The summed E-state index contributed by atoms with van der Waals surface area (Å²) >= 11 is 0. The van der Waals surface area contributed by atoms with Gasteiger partial charge in [-0.15, -0.1) is 0 Å². The highest BCUT2D eigenvalue weighted by Crippen LogP contribution is 2.31. The monoisotopic (exact) mass is 827 g/mol. The highest BCUT2D eigenvalue weighted by atomic mass is 19.1. The minimum Gasteiger partial charge on any atom is -0.394 e. The third-order valence-corrected chi connectivity index (χ3v) is 9.13. The van der Waals surface area contributed by atoms with Crippen LogP contribution < -0.4 is 11.2 Å². The molecule has 0 spiro atoms. The molecule has 4 rings (SSSR count). The van der Waals surface area contributed by atoms with E-state index in [-0.39, 0.29) is 80.4 Å². The highest BCUT2D eigenvalue weighted by molar-refractivity contribution is 6.60. The van der Waals surface area contributed by atoms with Crippen LogP contribution in [0.1, 0.15) is 50.7 Å². The van der Waals surface area contributed by atoms with Crippen molar-refractivity contribution in [1.29, 1.82) is 0 Å². The number of amides is 3. The Hall–Kier alpha value is -4.92. The Kier molecular flexibility index (Phi) is 18.2. The number of carbonyl (C=O) groups excluding carboxylic acids is 3. The van der Waals surface area contributed by atoms with E-state index in [1.807, 2.05) is 40.7 Å². The Labute approximate surface area is 343 Å². The first-order valence-electron chi connectivity index (χ1n) is 19.6. The van der Waals surface area contributed by atoms with Crippen LogP contribution in [0.3, 0.4) is 0 Å². The number of nitrogens with zero attached hydrogens (tertiary/aromatic N) is 7. The topological polar surface area (TPSA) is 217 Å². The summed E-state index contributed by atoms with van der Waals surface area (Å²) in [4.78, 5) is 51.7. The maximum Gasteiger partial charge on any atom is 0.275 e. The molecule has 0 saturated carbocycles. The summed E-state index contributed by atoms with van der Waals surface area (Å²) in [6.07, 6.45) is 2.77. The molecule has 1 aliphatic heterocycles. The molecule has 324 valence electrons. The number of nitrogens with two attached hydrogens (primary N) is 1. The van der Waals surface area contributed by atoms with Crippen molar-refractivity contribution >= 4 is 35.3 Å². The second-order valence-electron chi connectivity index (χ2n) is 15.2. The number of aliphatic hydroxyl groups excluding tert-OH is 1. The van der Waals surface area contributed by atoms with Crippen LogP contribution in [0.2, 0.25) is 0 Å². The van der Waals surface area contributed by atoms with E-state index in [4.69, 9.17) is 44.7 Å². The van der Waals surface area contributed by atoms with Gasteiger partial charge in [-0.2, -0.15) is 10.2 Å². The lowest BCUT2D eigenvalue weighted by atomic mass is 9.87. The number of fused-ring (bicyclic) bond motifs is 1. The number of hydrogen-bond acceptors (Lipinski definition) is 14.